The number of Topliss-reactive ketones (excluding diaryl/α,β-unsaturated/α-hetero) is 1. The second-order valence-electron chi connectivity index (χ2n) is 3.39. The van der Waals surface area contributed by atoms with E-state index < -0.39 is 18.2 Å². The molecule has 0 saturated heterocycles. The van der Waals surface area contributed by atoms with E-state index in [0.29, 0.717) is 19.8 Å². The van der Waals surface area contributed by atoms with Gasteiger partial charge in [-0.15, -0.1) is 0 Å². The Kier molecular flexibility index (Phi) is 10.8. The van der Waals surface area contributed by atoms with Crippen molar-refractivity contribution in [3.8, 4) is 0 Å². The average molecular weight is 248 g/mol. The average Bonchev–Trinajstić information content (AvgIpc) is 2.26. The van der Waals surface area contributed by atoms with Crippen LogP contribution in [0.1, 0.15) is 19.8 Å². The topological polar surface area (TPSA) is 82.1 Å². The standard InChI is InChI=1S/C11H20O6/c1-2-3-15-4-5-16-6-7-17-9-10(12)8-11(13)14/h2-9H2,1H3,(H,13,14). The molecular formula is C11H20O6. The first-order valence-electron chi connectivity index (χ1n) is 5.63. The zero-order chi connectivity index (χ0) is 12.9. The molecule has 0 saturated carbocycles. The van der Waals surface area contributed by atoms with Crippen LogP contribution in [0.2, 0.25) is 0 Å². The number of hydrogen-bond donors (Lipinski definition) is 1. The van der Waals surface area contributed by atoms with Gasteiger partial charge in [0.15, 0.2) is 5.78 Å². The summed E-state index contributed by atoms with van der Waals surface area (Å²) < 4.78 is 15.3. The van der Waals surface area contributed by atoms with E-state index in [9.17, 15) is 9.59 Å². The van der Waals surface area contributed by atoms with Crippen LogP contribution in [0.5, 0.6) is 0 Å². The quantitative estimate of drug-likeness (QED) is 0.400. The third-order valence-electron chi connectivity index (χ3n) is 1.70. The highest BCUT2D eigenvalue weighted by Gasteiger charge is 2.06. The lowest BCUT2D eigenvalue weighted by atomic mass is 10.3. The van der Waals surface area contributed by atoms with Crippen LogP contribution in [0.4, 0.5) is 0 Å². The molecule has 0 bridgehead atoms. The van der Waals surface area contributed by atoms with Crippen LogP contribution in [-0.2, 0) is 23.8 Å². The summed E-state index contributed by atoms with van der Waals surface area (Å²) in [6.45, 7) is 4.27. The molecule has 0 aromatic heterocycles. The summed E-state index contributed by atoms with van der Waals surface area (Å²) in [5.41, 5.74) is 0. The third-order valence-corrected chi connectivity index (χ3v) is 1.70. The number of ether oxygens (including phenoxy) is 3. The first kappa shape index (κ1) is 16.0. The first-order chi connectivity index (χ1) is 8.16. The van der Waals surface area contributed by atoms with E-state index in [1.165, 1.54) is 0 Å². The lowest BCUT2D eigenvalue weighted by molar-refractivity contribution is -0.141. The molecule has 0 spiro atoms. The molecule has 1 N–H and O–H groups in total. The third kappa shape index (κ3) is 13.0. The lowest BCUT2D eigenvalue weighted by Crippen LogP contribution is -2.16. The fraction of sp³-hybridized carbons (Fsp3) is 0.818. The second kappa shape index (κ2) is 11.5. The molecule has 0 unspecified atom stereocenters. The maximum Gasteiger partial charge on any atom is 0.310 e. The van der Waals surface area contributed by atoms with Crippen molar-refractivity contribution in [2.75, 3.05) is 39.6 Å². The molecule has 0 heterocycles. The number of ketones is 1. The van der Waals surface area contributed by atoms with Gasteiger partial charge in [-0.1, -0.05) is 6.92 Å². The number of carbonyl (C=O) groups is 2. The Bertz CT molecular complexity index is 216. The normalized spacial score (nSPS) is 10.4. The molecule has 17 heavy (non-hydrogen) atoms. The summed E-state index contributed by atoms with van der Waals surface area (Å²) in [4.78, 5) is 21.0. The second-order valence-corrected chi connectivity index (χ2v) is 3.39. The number of carbonyl (C=O) groups excluding carboxylic acids is 1. The van der Waals surface area contributed by atoms with Crippen molar-refractivity contribution >= 4 is 11.8 Å². The largest absolute Gasteiger partial charge is 0.481 e. The number of carboxylic acids is 1. The zero-order valence-electron chi connectivity index (χ0n) is 10.1. The monoisotopic (exact) mass is 248 g/mol. The van der Waals surface area contributed by atoms with Crippen molar-refractivity contribution < 1.29 is 28.9 Å². The summed E-state index contributed by atoms with van der Waals surface area (Å²) in [7, 11) is 0. The van der Waals surface area contributed by atoms with Gasteiger partial charge in [0, 0.05) is 6.61 Å². The van der Waals surface area contributed by atoms with Gasteiger partial charge in [-0.3, -0.25) is 9.59 Å². The van der Waals surface area contributed by atoms with Gasteiger partial charge in [-0.05, 0) is 6.42 Å². The van der Waals surface area contributed by atoms with Crippen molar-refractivity contribution in [1.82, 2.24) is 0 Å². The van der Waals surface area contributed by atoms with Crippen LogP contribution < -0.4 is 0 Å². The minimum Gasteiger partial charge on any atom is -0.481 e. The Balaban J connectivity index is 3.13. The fourth-order valence-electron chi connectivity index (χ4n) is 0.990. The number of hydrogen-bond acceptors (Lipinski definition) is 5. The van der Waals surface area contributed by atoms with Gasteiger partial charge in [-0.25, -0.2) is 0 Å². The Morgan fingerprint density at radius 3 is 2.00 bits per heavy atom. The molecule has 0 atom stereocenters. The Morgan fingerprint density at radius 2 is 1.47 bits per heavy atom. The molecule has 6 nitrogen and oxygen atoms in total. The van der Waals surface area contributed by atoms with Crippen molar-refractivity contribution in [3.63, 3.8) is 0 Å². The van der Waals surface area contributed by atoms with Crippen LogP contribution >= 0.6 is 0 Å². The number of carboxylic acid groups (broad SMARTS) is 1. The predicted molar refractivity (Wildman–Crippen MR) is 60.0 cm³/mol. The van der Waals surface area contributed by atoms with Crippen molar-refractivity contribution in [3.05, 3.63) is 0 Å². The van der Waals surface area contributed by atoms with Gasteiger partial charge in [0.25, 0.3) is 0 Å². The van der Waals surface area contributed by atoms with E-state index in [-0.39, 0.29) is 13.2 Å². The summed E-state index contributed by atoms with van der Waals surface area (Å²) in [5, 5.41) is 8.31. The molecule has 6 heteroatoms. The van der Waals surface area contributed by atoms with Gasteiger partial charge in [0.05, 0.1) is 26.4 Å². The zero-order valence-corrected chi connectivity index (χ0v) is 10.1. The molecule has 0 aliphatic carbocycles. The lowest BCUT2D eigenvalue weighted by Gasteiger charge is -2.05. The fourth-order valence-corrected chi connectivity index (χ4v) is 0.990. The predicted octanol–water partition coefficient (Wildman–Crippen LogP) is 0.490. The molecule has 0 aromatic carbocycles. The van der Waals surface area contributed by atoms with Crippen molar-refractivity contribution in [2.24, 2.45) is 0 Å². The van der Waals surface area contributed by atoms with Gasteiger partial charge in [-0.2, -0.15) is 0 Å². The van der Waals surface area contributed by atoms with Crippen LogP contribution in [0.3, 0.4) is 0 Å². The smallest absolute Gasteiger partial charge is 0.310 e. The summed E-state index contributed by atoms with van der Waals surface area (Å²) >= 11 is 0. The molecule has 0 aliphatic rings. The van der Waals surface area contributed by atoms with E-state index in [4.69, 9.17) is 19.3 Å². The van der Waals surface area contributed by atoms with Gasteiger partial charge in [0.1, 0.15) is 13.0 Å². The van der Waals surface area contributed by atoms with E-state index in [2.05, 4.69) is 0 Å². The minimum absolute atomic E-state index is 0.179. The van der Waals surface area contributed by atoms with E-state index in [1.807, 2.05) is 6.92 Å². The summed E-state index contributed by atoms with van der Waals surface area (Å²) in [5.74, 6) is -1.58. The molecule has 0 radical (unpaired) electrons. The number of aliphatic carboxylic acids is 1. The number of rotatable bonds is 12. The molecule has 0 fully saturated rings. The SMILES string of the molecule is CCCOCCOCCOCC(=O)CC(=O)O. The summed E-state index contributed by atoms with van der Waals surface area (Å²) in [6.07, 6.45) is 0.487. The van der Waals surface area contributed by atoms with Crippen LogP contribution in [0.25, 0.3) is 0 Å². The highest BCUT2D eigenvalue weighted by atomic mass is 16.5. The van der Waals surface area contributed by atoms with E-state index in [1.54, 1.807) is 0 Å². The Hall–Kier alpha value is -0.980. The van der Waals surface area contributed by atoms with Crippen molar-refractivity contribution in [1.29, 1.82) is 0 Å². The molecular weight excluding hydrogens is 228 g/mol. The van der Waals surface area contributed by atoms with E-state index in [0.717, 1.165) is 13.0 Å². The van der Waals surface area contributed by atoms with Gasteiger partial charge in [0.2, 0.25) is 0 Å². The Labute approximate surface area is 101 Å². The van der Waals surface area contributed by atoms with Crippen LogP contribution in [-0.4, -0.2) is 56.5 Å². The molecule has 0 amide bonds. The first-order valence-corrected chi connectivity index (χ1v) is 5.63. The highest BCUT2D eigenvalue weighted by molar-refractivity contribution is 5.95. The highest BCUT2D eigenvalue weighted by Crippen LogP contribution is 1.87. The van der Waals surface area contributed by atoms with E-state index >= 15 is 0 Å². The maximum atomic E-state index is 10.9. The molecule has 100 valence electrons. The maximum absolute atomic E-state index is 10.9. The van der Waals surface area contributed by atoms with Crippen LogP contribution in [0, 0.1) is 0 Å². The molecule has 0 aliphatic heterocycles. The van der Waals surface area contributed by atoms with Crippen molar-refractivity contribution in [2.45, 2.75) is 19.8 Å². The van der Waals surface area contributed by atoms with Gasteiger partial charge >= 0.3 is 5.97 Å². The minimum atomic E-state index is -1.14. The summed E-state index contributed by atoms with van der Waals surface area (Å²) in [6, 6.07) is 0. The van der Waals surface area contributed by atoms with Crippen LogP contribution in [0.15, 0.2) is 0 Å². The molecule has 0 aromatic rings. The van der Waals surface area contributed by atoms with Gasteiger partial charge < -0.3 is 19.3 Å². The Morgan fingerprint density at radius 1 is 0.941 bits per heavy atom. The molecule has 0 rings (SSSR count).